The summed E-state index contributed by atoms with van der Waals surface area (Å²) in [6.45, 7) is 0.240. The van der Waals surface area contributed by atoms with Gasteiger partial charge in [0.05, 0.1) is 11.4 Å². The summed E-state index contributed by atoms with van der Waals surface area (Å²) >= 11 is -2.86. The van der Waals surface area contributed by atoms with Gasteiger partial charge in [-0.05, 0) is 12.0 Å². The van der Waals surface area contributed by atoms with Crippen LogP contribution in [0.3, 0.4) is 0 Å². The maximum absolute atomic E-state index is 8.56. The van der Waals surface area contributed by atoms with Crippen LogP contribution in [0.1, 0.15) is 5.56 Å². The maximum Gasteiger partial charge on any atom is 0.0814 e. The number of hydrogen-bond donors (Lipinski definition) is 2. The minimum absolute atomic E-state index is 0.240. The molecule has 13 heavy (non-hydrogen) atoms. The van der Waals surface area contributed by atoms with Gasteiger partial charge in [-0.2, -0.15) is 0 Å². The van der Waals surface area contributed by atoms with E-state index in [2.05, 4.69) is 0 Å². The lowest BCUT2D eigenvalue weighted by atomic mass is 10.2. The number of hydrogen-bond acceptors (Lipinski definition) is 3. The van der Waals surface area contributed by atoms with Crippen molar-refractivity contribution in [3.05, 3.63) is 35.9 Å². The molecule has 0 aliphatic rings. The van der Waals surface area contributed by atoms with Gasteiger partial charge in [-0.3, -0.25) is 0 Å². The molecule has 4 nitrogen and oxygen atoms in total. The van der Waals surface area contributed by atoms with E-state index in [0.717, 1.165) is 6.42 Å². The summed E-state index contributed by atoms with van der Waals surface area (Å²) in [4.78, 5) is 0. The fourth-order valence-corrected chi connectivity index (χ4v) is 0.774. The van der Waals surface area contributed by atoms with Crippen LogP contribution in [0.5, 0.6) is 0 Å². The van der Waals surface area contributed by atoms with Crippen molar-refractivity contribution in [2.45, 2.75) is 6.42 Å². The van der Waals surface area contributed by atoms with Crippen LogP contribution in [0.15, 0.2) is 30.3 Å². The average molecular weight is 203 g/mol. The molecule has 0 spiro atoms. The Balaban J connectivity index is 0.000000310. The summed E-state index contributed by atoms with van der Waals surface area (Å²) in [6.07, 6.45) is 0.765. The predicted molar refractivity (Wildman–Crippen MR) is 48.8 cm³/mol. The van der Waals surface area contributed by atoms with Gasteiger partial charge in [-0.15, -0.1) is 0 Å². The summed E-state index contributed by atoms with van der Waals surface area (Å²) in [5.41, 5.74) is 1.19. The Hall–Kier alpha value is -0.750. The zero-order chi connectivity index (χ0) is 10.1. The number of rotatable bonds is 2. The van der Waals surface area contributed by atoms with Crippen molar-refractivity contribution < 1.29 is 18.4 Å². The molecular weight excluding hydrogens is 192 g/mol. The van der Waals surface area contributed by atoms with Crippen LogP contribution in [-0.2, 0) is 17.8 Å². The minimum Gasteiger partial charge on any atom is -0.750 e. The van der Waals surface area contributed by atoms with Gasteiger partial charge < -0.3 is 14.2 Å². The van der Waals surface area contributed by atoms with E-state index in [-0.39, 0.29) is 6.61 Å². The van der Waals surface area contributed by atoms with Crippen molar-refractivity contribution in [1.82, 2.24) is 0 Å². The molecule has 0 saturated carbocycles. The van der Waals surface area contributed by atoms with E-state index in [9.17, 15) is 0 Å². The monoisotopic (exact) mass is 203 g/mol. The van der Waals surface area contributed by atoms with Crippen LogP contribution in [0.25, 0.3) is 0 Å². The van der Waals surface area contributed by atoms with E-state index in [0.29, 0.717) is 0 Å². The standard InChI is InChI=1S/C8H10O.H2O3S/c9-7-6-8-4-2-1-3-5-8;1-4(2)3/h1-5,9H,6-7H2;(H2,1,2,3)/p-1. The molecule has 0 heterocycles. The van der Waals surface area contributed by atoms with Gasteiger partial charge in [0.2, 0.25) is 0 Å². The highest BCUT2D eigenvalue weighted by atomic mass is 32.2. The Labute approximate surface area is 79.3 Å². The molecule has 1 aromatic rings. The number of aliphatic hydroxyl groups excluding tert-OH is 1. The van der Waals surface area contributed by atoms with Crippen molar-refractivity contribution in [2.24, 2.45) is 0 Å². The van der Waals surface area contributed by atoms with Crippen LogP contribution in [-0.4, -0.2) is 25.0 Å². The third-order valence-electron chi connectivity index (χ3n) is 1.24. The number of aliphatic hydroxyl groups is 1. The maximum atomic E-state index is 8.56. The topological polar surface area (TPSA) is 80.6 Å². The number of benzene rings is 1. The molecule has 1 rings (SSSR count). The predicted octanol–water partition coefficient (Wildman–Crippen LogP) is 0.560. The Morgan fingerprint density at radius 1 is 1.31 bits per heavy atom. The lowest BCUT2D eigenvalue weighted by Gasteiger charge is -1.93. The molecule has 0 fully saturated rings. The molecule has 1 unspecified atom stereocenters. The molecule has 0 aromatic heterocycles. The van der Waals surface area contributed by atoms with Crippen LogP contribution in [0, 0.1) is 0 Å². The highest BCUT2D eigenvalue weighted by Gasteiger charge is 1.85. The summed E-state index contributed by atoms with van der Waals surface area (Å²) in [6, 6.07) is 9.95. The molecule has 0 amide bonds. The first-order valence-corrected chi connectivity index (χ1v) is 4.63. The van der Waals surface area contributed by atoms with Crippen molar-refractivity contribution in [1.29, 1.82) is 0 Å². The molecule has 2 N–H and O–H groups in total. The Kier molecular flexibility index (Phi) is 7.42. The quantitative estimate of drug-likeness (QED) is 0.688. The van der Waals surface area contributed by atoms with E-state index in [1.807, 2.05) is 30.3 Å². The zero-order valence-electron chi connectivity index (χ0n) is 6.92. The van der Waals surface area contributed by atoms with Crippen LogP contribution in [0.2, 0.25) is 0 Å². The van der Waals surface area contributed by atoms with E-state index in [4.69, 9.17) is 18.4 Å². The molecule has 0 aliphatic carbocycles. The molecular formula is C8H11O4S-. The van der Waals surface area contributed by atoms with Gasteiger partial charge in [0.25, 0.3) is 0 Å². The summed E-state index contributed by atoms with van der Waals surface area (Å²) in [5, 5.41) is 8.52. The first-order chi connectivity index (χ1) is 6.16. The van der Waals surface area contributed by atoms with Crippen molar-refractivity contribution >= 4 is 11.4 Å². The van der Waals surface area contributed by atoms with Crippen molar-refractivity contribution in [3.8, 4) is 0 Å². The summed E-state index contributed by atoms with van der Waals surface area (Å²) in [7, 11) is 0. The average Bonchev–Trinajstić information content (AvgIpc) is 2.06. The van der Waals surface area contributed by atoms with Gasteiger partial charge in [0.1, 0.15) is 0 Å². The van der Waals surface area contributed by atoms with Gasteiger partial charge in [0, 0.05) is 6.61 Å². The molecule has 5 heteroatoms. The molecule has 74 valence electrons. The Bertz CT molecular complexity index is 233. The molecule has 0 aliphatic heterocycles. The molecule has 0 radical (unpaired) electrons. The molecule has 0 saturated heterocycles. The highest BCUT2D eigenvalue weighted by Crippen LogP contribution is 1.97. The second-order valence-corrected chi connectivity index (χ2v) is 2.61. The minimum atomic E-state index is -2.86. The fourth-order valence-electron chi connectivity index (χ4n) is 0.774. The zero-order valence-corrected chi connectivity index (χ0v) is 7.74. The second kappa shape index (κ2) is 7.88. The highest BCUT2D eigenvalue weighted by molar-refractivity contribution is 7.73. The van der Waals surface area contributed by atoms with E-state index in [1.54, 1.807) is 0 Å². The fraction of sp³-hybridized carbons (Fsp3) is 0.250. The smallest absolute Gasteiger partial charge is 0.0814 e. The van der Waals surface area contributed by atoms with Gasteiger partial charge in [0.15, 0.2) is 0 Å². The lowest BCUT2D eigenvalue weighted by Crippen LogP contribution is -1.88. The Morgan fingerprint density at radius 3 is 2.15 bits per heavy atom. The van der Waals surface area contributed by atoms with E-state index < -0.39 is 11.4 Å². The third-order valence-corrected chi connectivity index (χ3v) is 1.24. The van der Waals surface area contributed by atoms with Crippen molar-refractivity contribution in [2.75, 3.05) is 6.61 Å². The summed E-state index contributed by atoms with van der Waals surface area (Å²) in [5.74, 6) is 0. The molecule has 1 atom stereocenters. The first kappa shape index (κ1) is 12.2. The van der Waals surface area contributed by atoms with Gasteiger partial charge in [-0.25, -0.2) is 4.21 Å². The van der Waals surface area contributed by atoms with Crippen LogP contribution >= 0.6 is 0 Å². The normalized spacial score (nSPS) is 11.3. The first-order valence-electron chi connectivity index (χ1n) is 3.60. The van der Waals surface area contributed by atoms with E-state index >= 15 is 0 Å². The van der Waals surface area contributed by atoms with Gasteiger partial charge >= 0.3 is 0 Å². The SMILES string of the molecule is O=S([O-])O.OCCc1ccccc1. The largest absolute Gasteiger partial charge is 0.750 e. The van der Waals surface area contributed by atoms with Crippen molar-refractivity contribution in [3.63, 3.8) is 0 Å². The third kappa shape index (κ3) is 9.16. The van der Waals surface area contributed by atoms with Crippen LogP contribution in [0.4, 0.5) is 0 Å². The second-order valence-electron chi connectivity index (χ2n) is 2.18. The lowest BCUT2D eigenvalue weighted by molar-refractivity contribution is 0.299. The van der Waals surface area contributed by atoms with Crippen LogP contribution < -0.4 is 0 Å². The molecule has 1 aromatic carbocycles. The Morgan fingerprint density at radius 2 is 1.77 bits per heavy atom. The van der Waals surface area contributed by atoms with E-state index in [1.165, 1.54) is 5.56 Å². The summed E-state index contributed by atoms with van der Waals surface area (Å²) < 4.78 is 24.1. The van der Waals surface area contributed by atoms with Gasteiger partial charge in [-0.1, -0.05) is 30.3 Å². The molecule has 0 bridgehead atoms.